The summed E-state index contributed by atoms with van der Waals surface area (Å²) < 4.78 is 1.90. The van der Waals surface area contributed by atoms with Gasteiger partial charge >= 0.3 is 0 Å². The maximum absolute atomic E-state index is 12.8. The molecule has 0 spiro atoms. The van der Waals surface area contributed by atoms with E-state index in [4.69, 9.17) is 0 Å². The maximum atomic E-state index is 12.8. The molecule has 4 heteroatoms. The monoisotopic (exact) mass is 399 g/mol. The summed E-state index contributed by atoms with van der Waals surface area (Å²) in [5, 5.41) is 0. The molecule has 2 aliphatic rings. The summed E-state index contributed by atoms with van der Waals surface area (Å²) in [6.07, 6.45) is 7.56. The molecule has 1 aromatic carbocycles. The number of fused-ring (bicyclic) bond motifs is 1. The largest absolute Gasteiger partial charge is 0.335 e. The molecule has 0 aromatic heterocycles. The number of piperidine rings is 1. The van der Waals surface area contributed by atoms with Crippen molar-refractivity contribution >= 4 is 37.8 Å². The van der Waals surface area contributed by atoms with E-state index in [2.05, 4.69) is 36.8 Å². The van der Waals surface area contributed by atoms with Crippen LogP contribution in [0.3, 0.4) is 0 Å². The quantitative estimate of drug-likeness (QED) is 0.648. The van der Waals surface area contributed by atoms with E-state index in [1.165, 1.54) is 32.1 Å². The first-order chi connectivity index (χ1) is 9.65. The van der Waals surface area contributed by atoms with Gasteiger partial charge in [0, 0.05) is 27.1 Å². The first-order valence-corrected chi connectivity index (χ1v) is 9.01. The predicted molar refractivity (Wildman–Crippen MR) is 87.9 cm³/mol. The van der Waals surface area contributed by atoms with Crippen molar-refractivity contribution in [1.82, 2.24) is 4.90 Å². The Balaban J connectivity index is 1.84. The van der Waals surface area contributed by atoms with E-state index in [0.717, 1.165) is 33.4 Å². The Morgan fingerprint density at radius 2 is 1.65 bits per heavy atom. The first kappa shape index (κ1) is 14.6. The SMILES string of the molecule is O=C(c1cc(Br)cc(Br)c1)N1CCCC2CCCCC21. The molecule has 20 heavy (non-hydrogen) atoms. The Morgan fingerprint density at radius 3 is 2.40 bits per heavy atom. The van der Waals surface area contributed by atoms with Crippen molar-refractivity contribution in [2.24, 2.45) is 5.92 Å². The van der Waals surface area contributed by atoms with Crippen LogP contribution in [0.1, 0.15) is 48.9 Å². The van der Waals surface area contributed by atoms with Crippen molar-refractivity contribution < 1.29 is 4.79 Å². The normalized spacial score (nSPS) is 26.2. The predicted octanol–water partition coefficient (Wildman–Crippen LogP) is 5.01. The Morgan fingerprint density at radius 1 is 1.00 bits per heavy atom. The molecule has 2 nitrogen and oxygen atoms in total. The third kappa shape index (κ3) is 2.96. The molecular formula is C16H19Br2NO. The molecule has 2 unspecified atom stereocenters. The smallest absolute Gasteiger partial charge is 0.254 e. The van der Waals surface area contributed by atoms with Crippen molar-refractivity contribution in [3.05, 3.63) is 32.7 Å². The van der Waals surface area contributed by atoms with E-state index in [1.807, 2.05) is 18.2 Å². The molecule has 2 atom stereocenters. The van der Waals surface area contributed by atoms with E-state index < -0.39 is 0 Å². The van der Waals surface area contributed by atoms with Gasteiger partial charge in [0.15, 0.2) is 0 Å². The molecule has 1 heterocycles. The van der Waals surface area contributed by atoms with Crippen LogP contribution in [0.5, 0.6) is 0 Å². The molecule has 1 aliphatic carbocycles. The molecular weight excluding hydrogens is 382 g/mol. The number of nitrogens with zero attached hydrogens (tertiary/aromatic N) is 1. The van der Waals surface area contributed by atoms with Crippen LogP contribution in [0.25, 0.3) is 0 Å². The molecule has 1 saturated carbocycles. The fraction of sp³-hybridized carbons (Fsp3) is 0.562. The van der Waals surface area contributed by atoms with Gasteiger partial charge in [-0.1, -0.05) is 44.7 Å². The van der Waals surface area contributed by atoms with Gasteiger partial charge in [-0.25, -0.2) is 0 Å². The molecule has 0 radical (unpaired) electrons. The number of hydrogen-bond donors (Lipinski definition) is 0. The Kier molecular flexibility index (Phi) is 4.51. The highest BCUT2D eigenvalue weighted by Gasteiger charge is 2.35. The molecule has 1 saturated heterocycles. The van der Waals surface area contributed by atoms with Gasteiger partial charge in [0.05, 0.1) is 0 Å². The highest BCUT2D eigenvalue weighted by atomic mass is 79.9. The number of rotatable bonds is 1. The van der Waals surface area contributed by atoms with Crippen LogP contribution in [0.2, 0.25) is 0 Å². The summed E-state index contributed by atoms with van der Waals surface area (Å²) in [5.41, 5.74) is 0.789. The van der Waals surface area contributed by atoms with Gasteiger partial charge in [0.2, 0.25) is 0 Å². The van der Waals surface area contributed by atoms with Gasteiger partial charge in [0.25, 0.3) is 5.91 Å². The standard InChI is InChI=1S/C16H19Br2NO/c17-13-8-12(9-14(18)10-13)16(20)19-7-3-5-11-4-1-2-6-15(11)19/h8-11,15H,1-7H2. The van der Waals surface area contributed by atoms with Crippen molar-refractivity contribution in [3.63, 3.8) is 0 Å². The first-order valence-electron chi connectivity index (χ1n) is 7.42. The minimum atomic E-state index is 0.198. The highest BCUT2D eigenvalue weighted by molar-refractivity contribution is 9.11. The summed E-state index contributed by atoms with van der Waals surface area (Å²) >= 11 is 6.95. The van der Waals surface area contributed by atoms with Crippen LogP contribution in [0.4, 0.5) is 0 Å². The van der Waals surface area contributed by atoms with E-state index >= 15 is 0 Å². The summed E-state index contributed by atoms with van der Waals surface area (Å²) in [6.45, 7) is 0.921. The molecule has 1 aliphatic heterocycles. The maximum Gasteiger partial charge on any atom is 0.254 e. The van der Waals surface area contributed by atoms with E-state index in [-0.39, 0.29) is 5.91 Å². The lowest BCUT2D eigenvalue weighted by atomic mass is 9.78. The number of hydrogen-bond acceptors (Lipinski definition) is 1. The van der Waals surface area contributed by atoms with Gasteiger partial charge in [-0.2, -0.15) is 0 Å². The fourth-order valence-corrected chi connectivity index (χ4v) is 5.01. The minimum Gasteiger partial charge on any atom is -0.335 e. The van der Waals surface area contributed by atoms with Crippen LogP contribution in [-0.2, 0) is 0 Å². The Labute approximate surface area is 137 Å². The van der Waals surface area contributed by atoms with Crippen molar-refractivity contribution in [2.45, 2.75) is 44.6 Å². The number of carbonyl (C=O) groups excluding carboxylic acids is 1. The van der Waals surface area contributed by atoms with Crippen LogP contribution in [-0.4, -0.2) is 23.4 Å². The third-order valence-electron chi connectivity index (χ3n) is 4.61. The lowest BCUT2D eigenvalue weighted by Gasteiger charge is -2.44. The molecule has 1 aromatic rings. The topological polar surface area (TPSA) is 20.3 Å². The van der Waals surface area contributed by atoms with Crippen molar-refractivity contribution in [3.8, 4) is 0 Å². The molecule has 0 N–H and O–H groups in total. The second kappa shape index (κ2) is 6.18. The van der Waals surface area contributed by atoms with Crippen LogP contribution in [0, 0.1) is 5.92 Å². The third-order valence-corrected chi connectivity index (χ3v) is 5.53. The van der Waals surface area contributed by atoms with E-state index in [9.17, 15) is 4.79 Å². The van der Waals surface area contributed by atoms with Crippen molar-refractivity contribution in [2.75, 3.05) is 6.54 Å². The molecule has 1 amide bonds. The Bertz CT molecular complexity index is 495. The second-order valence-corrected chi connectivity index (χ2v) is 7.74. The van der Waals surface area contributed by atoms with Crippen LogP contribution < -0.4 is 0 Å². The number of benzene rings is 1. The molecule has 2 fully saturated rings. The number of carbonyl (C=O) groups is 1. The lowest BCUT2D eigenvalue weighted by molar-refractivity contribution is 0.0390. The average Bonchev–Trinajstić information content (AvgIpc) is 2.45. The van der Waals surface area contributed by atoms with Gasteiger partial charge in [0.1, 0.15) is 0 Å². The van der Waals surface area contributed by atoms with E-state index in [0.29, 0.717) is 6.04 Å². The number of amides is 1. The van der Waals surface area contributed by atoms with Gasteiger partial charge in [-0.3, -0.25) is 4.79 Å². The molecule has 3 rings (SSSR count). The zero-order valence-electron chi connectivity index (χ0n) is 11.4. The second-order valence-electron chi connectivity index (χ2n) is 5.91. The lowest BCUT2D eigenvalue weighted by Crippen LogP contribution is -2.49. The average molecular weight is 401 g/mol. The number of likely N-dealkylation sites (tertiary alicyclic amines) is 1. The minimum absolute atomic E-state index is 0.198. The zero-order valence-corrected chi connectivity index (χ0v) is 14.6. The Hall–Kier alpha value is -0.350. The summed E-state index contributed by atoms with van der Waals surface area (Å²) in [4.78, 5) is 15.0. The molecule has 0 bridgehead atoms. The van der Waals surface area contributed by atoms with Crippen LogP contribution in [0.15, 0.2) is 27.1 Å². The summed E-state index contributed by atoms with van der Waals surface area (Å²) in [6, 6.07) is 6.30. The zero-order chi connectivity index (χ0) is 14.1. The van der Waals surface area contributed by atoms with Gasteiger partial charge in [-0.15, -0.1) is 0 Å². The van der Waals surface area contributed by atoms with E-state index in [1.54, 1.807) is 0 Å². The van der Waals surface area contributed by atoms with Crippen LogP contribution >= 0.6 is 31.9 Å². The highest BCUT2D eigenvalue weighted by Crippen LogP contribution is 2.36. The molecule has 108 valence electrons. The van der Waals surface area contributed by atoms with Gasteiger partial charge in [-0.05, 0) is 49.8 Å². The van der Waals surface area contributed by atoms with Crippen molar-refractivity contribution in [1.29, 1.82) is 0 Å². The fourth-order valence-electron chi connectivity index (χ4n) is 3.72. The van der Waals surface area contributed by atoms with Gasteiger partial charge < -0.3 is 4.90 Å². The summed E-state index contributed by atoms with van der Waals surface area (Å²) in [5.74, 6) is 0.931. The summed E-state index contributed by atoms with van der Waals surface area (Å²) in [7, 11) is 0. The number of halogens is 2.